The van der Waals surface area contributed by atoms with Crippen LogP contribution in [0.2, 0.25) is 0 Å². The highest BCUT2D eigenvalue weighted by Gasteiger charge is 2.47. The Kier molecular flexibility index (Phi) is 4.15. The molecule has 1 heterocycles. The van der Waals surface area contributed by atoms with Gasteiger partial charge in [0.05, 0.1) is 10.9 Å². The van der Waals surface area contributed by atoms with Crippen molar-refractivity contribution in [1.82, 2.24) is 4.31 Å². The van der Waals surface area contributed by atoms with Gasteiger partial charge in [-0.3, -0.25) is 0 Å². The number of hydrogen-bond acceptors (Lipinski definition) is 2. The van der Waals surface area contributed by atoms with E-state index < -0.39 is 10.0 Å². The van der Waals surface area contributed by atoms with Crippen LogP contribution in [-0.2, 0) is 10.0 Å². The summed E-state index contributed by atoms with van der Waals surface area (Å²) in [7, 11) is -3.51. The molecule has 25 heavy (non-hydrogen) atoms. The number of sulfonamides is 1. The van der Waals surface area contributed by atoms with Crippen LogP contribution in [-0.4, -0.2) is 19.3 Å². The molecule has 0 aliphatic carbocycles. The van der Waals surface area contributed by atoms with Gasteiger partial charge in [-0.1, -0.05) is 78.9 Å². The lowest BCUT2D eigenvalue weighted by Crippen LogP contribution is -2.51. The molecule has 2 unspecified atom stereocenters. The molecule has 3 aromatic carbocycles. The van der Waals surface area contributed by atoms with Crippen molar-refractivity contribution in [2.45, 2.75) is 16.9 Å². The van der Waals surface area contributed by atoms with Crippen molar-refractivity contribution >= 4 is 10.0 Å². The van der Waals surface area contributed by atoms with Gasteiger partial charge in [-0.05, 0) is 23.3 Å². The van der Waals surface area contributed by atoms with E-state index in [0.29, 0.717) is 11.4 Å². The van der Waals surface area contributed by atoms with E-state index in [1.54, 1.807) is 28.6 Å². The molecule has 4 heteroatoms. The van der Waals surface area contributed by atoms with Gasteiger partial charge < -0.3 is 0 Å². The lowest BCUT2D eigenvalue weighted by Gasteiger charge is -2.47. The molecule has 0 amide bonds. The predicted octanol–water partition coefficient (Wildman–Crippen LogP) is 4.22. The molecule has 1 aliphatic rings. The summed E-state index contributed by atoms with van der Waals surface area (Å²) in [5.74, 6) is 0.169. The van der Waals surface area contributed by atoms with Crippen molar-refractivity contribution in [2.24, 2.45) is 0 Å². The summed E-state index contributed by atoms with van der Waals surface area (Å²) in [4.78, 5) is 0.349. The topological polar surface area (TPSA) is 37.4 Å². The largest absolute Gasteiger partial charge is 0.243 e. The van der Waals surface area contributed by atoms with E-state index >= 15 is 0 Å². The molecule has 3 nitrogen and oxygen atoms in total. The summed E-state index contributed by atoms with van der Waals surface area (Å²) < 4.78 is 27.8. The average molecular weight is 349 g/mol. The minimum Gasteiger partial charge on any atom is -0.207 e. The fourth-order valence-corrected chi connectivity index (χ4v) is 5.18. The molecule has 0 saturated carbocycles. The van der Waals surface area contributed by atoms with Crippen LogP contribution >= 0.6 is 0 Å². The molecular formula is C21H19NO2S. The van der Waals surface area contributed by atoms with Crippen molar-refractivity contribution in [1.29, 1.82) is 0 Å². The van der Waals surface area contributed by atoms with Gasteiger partial charge >= 0.3 is 0 Å². The van der Waals surface area contributed by atoms with Gasteiger partial charge in [-0.2, -0.15) is 4.31 Å². The Morgan fingerprint density at radius 2 is 1.16 bits per heavy atom. The van der Waals surface area contributed by atoms with Crippen LogP contribution in [0.1, 0.15) is 23.1 Å². The van der Waals surface area contributed by atoms with Crippen LogP contribution < -0.4 is 0 Å². The Labute approximate surface area is 148 Å². The smallest absolute Gasteiger partial charge is 0.207 e. The number of hydrogen-bond donors (Lipinski definition) is 0. The molecule has 0 aromatic heterocycles. The fraction of sp³-hybridized carbons (Fsp3) is 0.143. The second-order valence-corrected chi connectivity index (χ2v) is 8.15. The molecule has 0 radical (unpaired) electrons. The molecule has 0 bridgehead atoms. The van der Waals surface area contributed by atoms with Crippen molar-refractivity contribution in [2.75, 3.05) is 6.54 Å². The number of nitrogens with zero attached hydrogens (tertiary/aromatic N) is 1. The molecular weight excluding hydrogens is 330 g/mol. The molecule has 1 saturated heterocycles. The van der Waals surface area contributed by atoms with Gasteiger partial charge in [0.25, 0.3) is 0 Å². The Bertz CT molecular complexity index is 941. The maximum atomic E-state index is 13.1. The summed E-state index contributed by atoms with van der Waals surface area (Å²) in [6.07, 6.45) is 0. The first-order valence-corrected chi connectivity index (χ1v) is 9.79. The van der Waals surface area contributed by atoms with Gasteiger partial charge in [0.15, 0.2) is 0 Å². The molecule has 2 atom stereocenters. The number of rotatable bonds is 4. The zero-order valence-electron chi connectivity index (χ0n) is 13.7. The van der Waals surface area contributed by atoms with E-state index in [1.165, 1.54) is 5.56 Å². The standard InChI is InChI=1S/C21H19NO2S/c23-25(24,19-14-8-3-9-15-19)22-16-20(17-10-4-1-5-11-17)21(22)18-12-6-2-7-13-18/h1-15,20-21H,16H2. The lowest BCUT2D eigenvalue weighted by molar-refractivity contribution is 0.159. The van der Waals surface area contributed by atoms with Crippen molar-refractivity contribution in [3.05, 3.63) is 102 Å². The predicted molar refractivity (Wildman–Crippen MR) is 98.7 cm³/mol. The maximum Gasteiger partial charge on any atom is 0.243 e. The zero-order valence-corrected chi connectivity index (χ0v) is 14.5. The van der Waals surface area contributed by atoms with Crippen LogP contribution in [0.15, 0.2) is 95.9 Å². The van der Waals surface area contributed by atoms with Gasteiger partial charge in [0.2, 0.25) is 10.0 Å². The third-order valence-corrected chi connectivity index (χ3v) is 6.65. The van der Waals surface area contributed by atoms with E-state index in [4.69, 9.17) is 0 Å². The van der Waals surface area contributed by atoms with Crippen LogP contribution in [0.3, 0.4) is 0 Å². The SMILES string of the molecule is O=S(=O)(c1ccccc1)N1CC(c2ccccc2)C1c1ccccc1. The van der Waals surface area contributed by atoms with Crippen LogP contribution in [0.4, 0.5) is 0 Å². The van der Waals surface area contributed by atoms with Crippen LogP contribution in [0.25, 0.3) is 0 Å². The third-order valence-electron chi connectivity index (χ3n) is 4.79. The van der Waals surface area contributed by atoms with E-state index in [0.717, 1.165) is 5.56 Å². The summed E-state index contributed by atoms with van der Waals surface area (Å²) in [6, 6.07) is 28.5. The third kappa shape index (κ3) is 2.88. The van der Waals surface area contributed by atoms with Gasteiger partial charge in [-0.25, -0.2) is 8.42 Å². The summed E-state index contributed by atoms with van der Waals surface area (Å²) in [6.45, 7) is 0.501. The van der Waals surface area contributed by atoms with Crippen molar-refractivity contribution in [3.63, 3.8) is 0 Å². The van der Waals surface area contributed by atoms with Gasteiger partial charge in [0.1, 0.15) is 0 Å². The van der Waals surface area contributed by atoms with Crippen molar-refractivity contribution in [3.8, 4) is 0 Å². The fourth-order valence-electron chi connectivity index (χ4n) is 3.48. The van der Waals surface area contributed by atoms with Crippen LogP contribution in [0, 0.1) is 0 Å². The first kappa shape index (κ1) is 16.1. The van der Waals surface area contributed by atoms with E-state index in [-0.39, 0.29) is 12.0 Å². The van der Waals surface area contributed by atoms with Crippen LogP contribution in [0.5, 0.6) is 0 Å². The quantitative estimate of drug-likeness (QED) is 0.707. The molecule has 3 aromatic rings. The molecule has 1 aliphatic heterocycles. The maximum absolute atomic E-state index is 13.1. The van der Waals surface area contributed by atoms with E-state index in [2.05, 4.69) is 12.1 Å². The summed E-state index contributed by atoms with van der Waals surface area (Å²) in [5.41, 5.74) is 2.21. The summed E-state index contributed by atoms with van der Waals surface area (Å²) >= 11 is 0. The lowest BCUT2D eigenvalue weighted by atomic mass is 9.81. The van der Waals surface area contributed by atoms with Gasteiger partial charge in [0, 0.05) is 12.5 Å². The normalized spacial score (nSPS) is 20.8. The Hall–Kier alpha value is -2.43. The molecule has 1 fully saturated rings. The minimum absolute atomic E-state index is 0.169. The number of benzene rings is 3. The Morgan fingerprint density at radius 1 is 0.680 bits per heavy atom. The second-order valence-electron chi connectivity index (χ2n) is 6.26. The monoisotopic (exact) mass is 349 g/mol. The van der Waals surface area contributed by atoms with E-state index in [1.807, 2.05) is 54.6 Å². The first-order chi connectivity index (χ1) is 12.2. The Balaban J connectivity index is 1.74. The van der Waals surface area contributed by atoms with E-state index in [9.17, 15) is 8.42 Å². The second kappa shape index (κ2) is 6.47. The van der Waals surface area contributed by atoms with Crippen molar-refractivity contribution < 1.29 is 8.42 Å². The molecule has 126 valence electrons. The summed E-state index contributed by atoms with van der Waals surface area (Å²) in [5, 5.41) is 0. The zero-order chi connectivity index (χ0) is 17.3. The van der Waals surface area contributed by atoms with Gasteiger partial charge in [-0.15, -0.1) is 0 Å². The Morgan fingerprint density at radius 3 is 1.72 bits per heavy atom. The first-order valence-electron chi connectivity index (χ1n) is 8.35. The molecule has 4 rings (SSSR count). The average Bonchev–Trinajstić information content (AvgIpc) is 2.63. The molecule has 0 N–H and O–H groups in total. The highest BCUT2D eigenvalue weighted by Crippen LogP contribution is 2.48. The minimum atomic E-state index is -3.51. The highest BCUT2D eigenvalue weighted by atomic mass is 32.2. The highest BCUT2D eigenvalue weighted by molar-refractivity contribution is 7.89. The molecule has 0 spiro atoms.